The van der Waals surface area contributed by atoms with Crippen molar-refractivity contribution in [1.29, 1.82) is 0 Å². The second-order valence-electron chi connectivity index (χ2n) is 7.22. The maximum atomic E-state index is 10.8. The number of rotatable bonds is 6. The van der Waals surface area contributed by atoms with E-state index in [1.165, 1.54) is 0 Å². The second-order valence-corrected chi connectivity index (χ2v) is 10.3. The van der Waals surface area contributed by atoms with Crippen molar-refractivity contribution in [3.63, 3.8) is 0 Å². The first-order valence-corrected chi connectivity index (χ1v) is 12.3. The molecule has 1 heterocycles. The molecule has 2 aromatic carbocycles. The van der Waals surface area contributed by atoms with Crippen LogP contribution in [0.3, 0.4) is 0 Å². The summed E-state index contributed by atoms with van der Waals surface area (Å²) in [6, 6.07) is 18.1. The first-order valence-electron chi connectivity index (χ1n) is 9.37. The van der Waals surface area contributed by atoms with Crippen molar-refractivity contribution in [2.45, 2.75) is 40.0 Å². The molecule has 0 fully saturated rings. The summed E-state index contributed by atoms with van der Waals surface area (Å²) in [6.45, 7) is 8.17. The fraction of sp³-hybridized carbons (Fsp3) is 0.261. The van der Waals surface area contributed by atoms with E-state index >= 15 is 0 Å². The number of pyridine rings is 1. The Hall–Kier alpha value is -1.63. The van der Waals surface area contributed by atoms with E-state index in [0.29, 0.717) is 12.3 Å². The zero-order valence-electron chi connectivity index (χ0n) is 16.8. The standard InChI is InChI=1S/C23H27NO2P2/c1-16-8-5-9-17(2)22(16)27(25)14-20-12-7-13-21(24-20)15-28(26)23-18(3)10-6-11-19(23)4/h5-13,25-26H,14-15H2,1-4H3. The molecule has 0 aliphatic rings. The molecule has 3 nitrogen and oxygen atoms in total. The van der Waals surface area contributed by atoms with Crippen molar-refractivity contribution in [1.82, 2.24) is 4.98 Å². The van der Waals surface area contributed by atoms with Gasteiger partial charge in [-0.15, -0.1) is 0 Å². The van der Waals surface area contributed by atoms with E-state index in [0.717, 1.165) is 44.3 Å². The van der Waals surface area contributed by atoms with Gasteiger partial charge in [0.1, 0.15) is 0 Å². The van der Waals surface area contributed by atoms with Crippen LogP contribution < -0.4 is 10.6 Å². The maximum Gasteiger partial charge on any atom is 0.0629 e. The highest BCUT2D eigenvalue weighted by molar-refractivity contribution is 7.59. The van der Waals surface area contributed by atoms with Crippen LogP contribution in [-0.2, 0) is 12.3 Å². The highest BCUT2D eigenvalue weighted by Gasteiger charge is 2.17. The highest BCUT2D eigenvalue weighted by atomic mass is 31.1. The zero-order valence-corrected chi connectivity index (χ0v) is 18.6. The predicted octanol–water partition coefficient (Wildman–Crippen LogP) is 4.74. The lowest BCUT2D eigenvalue weighted by atomic mass is 10.2. The van der Waals surface area contributed by atoms with Gasteiger partial charge in [-0.3, -0.25) is 4.98 Å². The van der Waals surface area contributed by atoms with Gasteiger partial charge < -0.3 is 9.79 Å². The third kappa shape index (κ3) is 4.85. The van der Waals surface area contributed by atoms with Crippen LogP contribution in [0.2, 0.25) is 0 Å². The molecular weight excluding hydrogens is 384 g/mol. The molecule has 0 bridgehead atoms. The van der Waals surface area contributed by atoms with E-state index in [1.807, 2.05) is 82.3 Å². The van der Waals surface area contributed by atoms with E-state index < -0.39 is 16.3 Å². The molecule has 0 saturated heterocycles. The maximum absolute atomic E-state index is 10.8. The summed E-state index contributed by atoms with van der Waals surface area (Å²) in [4.78, 5) is 26.4. The second kappa shape index (κ2) is 9.25. The van der Waals surface area contributed by atoms with Crippen molar-refractivity contribution in [2.75, 3.05) is 0 Å². The van der Waals surface area contributed by atoms with Gasteiger partial charge in [0.25, 0.3) is 0 Å². The molecule has 0 spiro atoms. The van der Waals surface area contributed by atoms with E-state index in [9.17, 15) is 9.79 Å². The number of aryl methyl sites for hydroxylation is 4. The molecule has 2 atom stereocenters. The summed E-state index contributed by atoms with van der Waals surface area (Å²) in [5.41, 5.74) is 6.24. The molecule has 0 aliphatic carbocycles. The van der Waals surface area contributed by atoms with Crippen molar-refractivity contribution >= 4 is 26.9 Å². The number of hydrogen-bond donors (Lipinski definition) is 2. The van der Waals surface area contributed by atoms with E-state index in [1.54, 1.807) is 0 Å². The topological polar surface area (TPSA) is 53.4 Å². The van der Waals surface area contributed by atoms with Gasteiger partial charge in [-0.25, -0.2) is 0 Å². The molecule has 28 heavy (non-hydrogen) atoms. The van der Waals surface area contributed by atoms with Crippen LogP contribution in [-0.4, -0.2) is 14.8 Å². The predicted molar refractivity (Wildman–Crippen MR) is 121 cm³/mol. The van der Waals surface area contributed by atoms with Crippen molar-refractivity contribution in [3.05, 3.63) is 88.2 Å². The largest absolute Gasteiger partial charge is 0.369 e. The van der Waals surface area contributed by atoms with E-state index in [4.69, 9.17) is 4.98 Å². The Kier molecular flexibility index (Phi) is 6.96. The molecule has 0 radical (unpaired) electrons. The molecule has 0 saturated carbocycles. The first-order chi connectivity index (χ1) is 13.4. The lowest BCUT2D eigenvalue weighted by Gasteiger charge is -2.18. The van der Waals surface area contributed by atoms with Gasteiger partial charge in [-0.1, -0.05) is 42.5 Å². The van der Waals surface area contributed by atoms with E-state index in [2.05, 4.69) is 0 Å². The summed E-state index contributed by atoms with van der Waals surface area (Å²) in [6.07, 6.45) is 1.06. The van der Waals surface area contributed by atoms with Crippen LogP contribution in [0.15, 0.2) is 54.6 Å². The number of benzene rings is 2. The number of aromatic nitrogens is 1. The Morgan fingerprint density at radius 2 is 0.929 bits per heavy atom. The molecule has 3 rings (SSSR count). The van der Waals surface area contributed by atoms with Crippen LogP contribution in [0, 0.1) is 27.7 Å². The van der Waals surface area contributed by atoms with Crippen LogP contribution in [0.4, 0.5) is 0 Å². The lowest BCUT2D eigenvalue weighted by molar-refractivity contribution is 0.631. The van der Waals surface area contributed by atoms with Crippen LogP contribution in [0.5, 0.6) is 0 Å². The molecule has 0 aliphatic heterocycles. The number of nitrogens with zero attached hydrogens (tertiary/aromatic N) is 1. The Labute approximate surface area is 170 Å². The average Bonchev–Trinajstić information content (AvgIpc) is 2.61. The summed E-state index contributed by atoms with van der Waals surface area (Å²) in [5, 5.41) is 2.09. The average molecular weight is 411 g/mol. The van der Waals surface area contributed by atoms with Crippen molar-refractivity contribution < 1.29 is 9.79 Å². The molecule has 3 aromatic rings. The van der Waals surface area contributed by atoms with Crippen LogP contribution in [0.1, 0.15) is 33.6 Å². The molecule has 2 unspecified atom stereocenters. The summed E-state index contributed by atoms with van der Waals surface area (Å²) in [5.74, 6) is 0. The SMILES string of the molecule is Cc1cccc(C)c1P(O)Cc1cccc(CP(O)c2c(C)cccc2C)n1. The third-order valence-corrected chi connectivity index (χ3v) is 8.57. The molecule has 2 N–H and O–H groups in total. The monoisotopic (exact) mass is 411 g/mol. The molecular formula is C23H27NO2P2. The molecule has 5 heteroatoms. The first kappa shape index (κ1) is 21.1. The van der Waals surface area contributed by atoms with E-state index in [-0.39, 0.29) is 0 Å². The minimum absolute atomic E-state index is 0.529. The summed E-state index contributed by atoms with van der Waals surface area (Å²) >= 11 is 0. The van der Waals surface area contributed by atoms with Gasteiger partial charge in [0, 0.05) is 34.3 Å². The van der Waals surface area contributed by atoms with Crippen LogP contribution in [0.25, 0.3) is 0 Å². The fourth-order valence-corrected chi connectivity index (χ4v) is 6.80. The Morgan fingerprint density at radius 1 is 0.607 bits per heavy atom. The highest BCUT2D eigenvalue weighted by Crippen LogP contribution is 2.38. The van der Waals surface area contributed by atoms with Crippen molar-refractivity contribution in [3.8, 4) is 0 Å². The van der Waals surface area contributed by atoms with Gasteiger partial charge >= 0.3 is 0 Å². The smallest absolute Gasteiger partial charge is 0.0629 e. The van der Waals surface area contributed by atoms with Crippen LogP contribution >= 0.6 is 16.3 Å². The Balaban J connectivity index is 1.77. The van der Waals surface area contributed by atoms with Gasteiger partial charge in [0.05, 0.1) is 16.3 Å². The van der Waals surface area contributed by atoms with Gasteiger partial charge in [-0.2, -0.15) is 0 Å². The number of hydrogen-bond acceptors (Lipinski definition) is 3. The molecule has 0 amide bonds. The van der Waals surface area contributed by atoms with Gasteiger partial charge in [0.2, 0.25) is 0 Å². The van der Waals surface area contributed by atoms with Gasteiger partial charge in [-0.05, 0) is 62.1 Å². The summed E-state index contributed by atoms with van der Waals surface area (Å²) < 4.78 is 0. The molecule has 1 aromatic heterocycles. The fourth-order valence-electron chi connectivity index (χ4n) is 3.60. The van der Waals surface area contributed by atoms with Crippen molar-refractivity contribution in [2.24, 2.45) is 0 Å². The quantitative estimate of drug-likeness (QED) is 0.576. The lowest BCUT2D eigenvalue weighted by Crippen LogP contribution is -2.12. The van der Waals surface area contributed by atoms with Gasteiger partial charge in [0.15, 0.2) is 0 Å². The summed E-state index contributed by atoms with van der Waals surface area (Å²) in [7, 11) is -2.60. The minimum atomic E-state index is -1.30. The minimum Gasteiger partial charge on any atom is -0.369 e. The Morgan fingerprint density at radius 3 is 1.29 bits per heavy atom. The zero-order chi connectivity index (χ0) is 20.3. The Bertz CT molecular complexity index is 859. The third-order valence-electron chi connectivity index (χ3n) is 4.88. The molecule has 146 valence electrons. The normalized spacial score (nSPS) is 13.4.